The van der Waals surface area contributed by atoms with Gasteiger partial charge in [-0.3, -0.25) is 14.6 Å². The van der Waals surface area contributed by atoms with Crippen molar-refractivity contribution in [1.29, 1.82) is 0 Å². The summed E-state index contributed by atoms with van der Waals surface area (Å²) in [5.74, 6) is 1.31. The Morgan fingerprint density at radius 3 is 2.29 bits per heavy atom. The Labute approximate surface area is 163 Å². The third-order valence-electron chi connectivity index (χ3n) is 4.50. The summed E-state index contributed by atoms with van der Waals surface area (Å²) in [5, 5.41) is 0. The number of aliphatic imine (C=N–C) groups is 1. The quantitative estimate of drug-likeness (QED) is 0.688. The molecular weight excluding hydrogens is 360 g/mol. The van der Waals surface area contributed by atoms with Crippen molar-refractivity contribution < 1.29 is 23.8 Å². The number of amides is 2. The Kier molecular flexibility index (Phi) is 5.93. The lowest BCUT2D eigenvalue weighted by atomic mass is 10.1. The summed E-state index contributed by atoms with van der Waals surface area (Å²) in [6.45, 7) is 0.403. The zero-order valence-corrected chi connectivity index (χ0v) is 16.1. The molecular formula is C21H22N2O5. The van der Waals surface area contributed by atoms with Gasteiger partial charge in [-0.2, -0.15) is 0 Å². The molecule has 0 bridgehead atoms. The molecule has 0 aromatic heterocycles. The maximum absolute atomic E-state index is 12.6. The van der Waals surface area contributed by atoms with Crippen LogP contribution < -0.4 is 19.1 Å². The van der Waals surface area contributed by atoms with Gasteiger partial charge in [0.15, 0.2) is 11.5 Å². The van der Waals surface area contributed by atoms with Crippen LogP contribution in [0.5, 0.6) is 17.2 Å². The molecule has 0 atom stereocenters. The monoisotopic (exact) mass is 382 g/mol. The van der Waals surface area contributed by atoms with Gasteiger partial charge in [-0.05, 0) is 48.4 Å². The summed E-state index contributed by atoms with van der Waals surface area (Å²) in [5.41, 5.74) is 1.80. The lowest BCUT2D eigenvalue weighted by Gasteiger charge is -2.13. The van der Waals surface area contributed by atoms with Gasteiger partial charge in [-0.1, -0.05) is 6.07 Å². The van der Waals surface area contributed by atoms with E-state index in [1.165, 1.54) is 0 Å². The fourth-order valence-electron chi connectivity index (χ4n) is 3.01. The number of hydrogen-bond acceptors (Lipinski definition) is 6. The number of hydrogen-bond donors (Lipinski definition) is 0. The molecule has 0 radical (unpaired) electrons. The molecule has 0 aliphatic carbocycles. The lowest BCUT2D eigenvalue weighted by molar-refractivity contribution is -0.120. The van der Waals surface area contributed by atoms with E-state index in [2.05, 4.69) is 4.99 Å². The number of benzene rings is 2. The van der Waals surface area contributed by atoms with Crippen molar-refractivity contribution in [1.82, 2.24) is 0 Å². The minimum absolute atomic E-state index is 0.0107. The fourth-order valence-corrected chi connectivity index (χ4v) is 3.01. The van der Waals surface area contributed by atoms with Gasteiger partial charge in [0.1, 0.15) is 11.5 Å². The first kappa shape index (κ1) is 19.4. The van der Waals surface area contributed by atoms with Gasteiger partial charge < -0.3 is 14.2 Å². The number of imide groups is 1. The van der Waals surface area contributed by atoms with E-state index in [0.717, 1.165) is 10.5 Å². The van der Waals surface area contributed by atoms with Crippen molar-refractivity contribution in [3.63, 3.8) is 0 Å². The van der Waals surface area contributed by atoms with E-state index in [-0.39, 0.29) is 23.9 Å². The highest BCUT2D eigenvalue weighted by molar-refractivity contribution is 6.56. The van der Waals surface area contributed by atoms with Crippen molar-refractivity contribution in [2.24, 2.45) is 4.99 Å². The van der Waals surface area contributed by atoms with E-state index in [1.807, 2.05) is 18.2 Å². The van der Waals surface area contributed by atoms with Gasteiger partial charge in [0, 0.05) is 6.54 Å². The molecule has 1 saturated heterocycles. The normalized spacial score (nSPS) is 15.2. The minimum atomic E-state index is -0.373. The topological polar surface area (TPSA) is 77.4 Å². The summed E-state index contributed by atoms with van der Waals surface area (Å²) in [6.07, 6.45) is 0.630. The van der Waals surface area contributed by atoms with Crippen LogP contribution >= 0.6 is 0 Å². The van der Waals surface area contributed by atoms with Crippen LogP contribution in [-0.4, -0.2) is 45.4 Å². The van der Waals surface area contributed by atoms with Gasteiger partial charge in [0.2, 0.25) is 5.91 Å². The predicted octanol–water partition coefficient (Wildman–Crippen LogP) is 2.66. The molecule has 0 N–H and O–H groups in total. The average Bonchev–Trinajstić information content (AvgIpc) is 3.01. The second kappa shape index (κ2) is 8.56. The molecule has 2 aromatic rings. The maximum Gasteiger partial charge on any atom is 0.279 e. The molecule has 2 amide bonds. The van der Waals surface area contributed by atoms with E-state index in [1.54, 1.807) is 45.6 Å². The van der Waals surface area contributed by atoms with Crippen LogP contribution in [0.4, 0.5) is 5.69 Å². The van der Waals surface area contributed by atoms with Crippen molar-refractivity contribution >= 4 is 23.2 Å². The molecule has 0 spiro atoms. The minimum Gasteiger partial charge on any atom is -0.497 e. The molecule has 7 heteroatoms. The van der Waals surface area contributed by atoms with Gasteiger partial charge in [-0.25, -0.2) is 4.90 Å². The smallest absolute Gasteiger partial charge is 0.279 e. The Morgan fingerprint density at radius 1 is 0.929 bits per heavy atom. The van der Waals surface area contributed by atoms with Gasteiger partial charge in [-0.15, -0.1) is 0 Å². The summed E-state index contributed by atoms with van der Waals surface area (Å²) in [6, 6.07) is 12.4. The average molecular weight is 382 g/mol. The summed E-state index contributed by atoms with van der Waals surface area (Å²) >= 11 is 0. The Balaban J connectivity index is 1.68. The SMILES string of the molecule is COc1ccc(N2C(=O)CC(=NCCc3ccc(OC)c(OC)c3)C2=O)cc1. The number of methoxy groups -OCH3 is 3. The molecule has 1 aliphatic rings. The van der Waals surface area contributed by atoms with Crippen molar-refractivity contribution in [2.45, 2.75) is 12.8 Å². The van der Waals surface area contributed by atoms with Crippen molar-refractivity contribution in [2.75, 3.05) is 32.8 Å². The van der Waals surface area contributed by atoms with Crippen LogP contribution in [0.3, 0.4) is 0 Å². The summed E-state index contributed by atoms with van der Waals surface area (Å²) < 4.78 is 15.6. The van der Waals surface area contributed by atoms with E-state index < -0.39 is 0 Å². The van der Waals surface area contributed by atoms with Crippen LogP contribution in [0.15, 0.2) is 47.5 Å². The molecule has 146 valence electrons. The highest BCUT2D eigenvalue weighted by Crippen LogP contribution is 2.28. The van der Waals surface area contributed by atoms with E-state index >= 15 is 0 Å². The first-order valence-corrected chi connectivity index (χ1v) is 8.83. The Bertz CT molecular complexity index is 906. The highest BCUT2D eigenvalue weighted by atomic mass is 16.5. The first-order valence-electron chi connectivity index (χ1n) is 8.83. The van der Waals surface area contributed by atoms with Crippen molar-refractivity contribution in [3.8, 4) is 17.2 Å². The standard InChI is InChI=1S/C21H22N2O5/c1-26-16-7-5-15(6-8-16)23-20(24)13-17(21(23)25)22-11-10-14-4-9-18(27-2)19(12-14)28-3/h4-9,12H,10-11,13H2,1-3H3. The summed E-state index contributed by atoms with van der Waals surface area (Å²) in [4.78, 5) is 30.4. The van der Waals surface area contributed by atoms with Gasteiger partial charge in [0.05, 0.1) is 33.4 Å². The lowest BCUT2D eigenvalue weighted by Crippen LogP contribution is -2.30. The van der Waals surface area contributed by atoms with Crippen molar-refractivity contribution in [3.05, 3.63) is 48.0 Å². The number of anilines is 1. The molecule has 7 nitrogen and oxygen atoms in total. The first-order chi connectivity index (χ1) is 13.6. The molecule has 3 rings (SSSR count). The van der Waals surface area contributed by atoms with Crippen LogP contribution in [0.1, 0.15) is 12.0 Å². The molecule has 1 aliphatic heterocycles. The predicted molar refractivity (Wildman–Crippen MR) is 106 cm³/mol. The number of nitrogens with zero attached hydrogens (tertiary/aromatic N) is 2. The zero-order chi connectivity index (χ0) is 20.1. The third kappa shape index (κ3) is 3.98. The molecule has 1 heterocycles. The molecule has 0 unspecified atom stereocenters. The van der Waals surface area contributed by atoms with E-state index in [0.29, 0.717) is 35.9 Å². The third-order valence-corrected chi connectivity index (χ3v) is 4.50. The Hall–Kier alpha value is -3.35. The largest absolute Gasteiger partial charge is 0.497 e. The molecule has 28 heavy (non-hydrogen) atoms. The second-order valence-corrected chi connectivity index (χ2v) is 6.18. The number of carbonyl (C=O) groups excluding carboxylic acids is 2. The van der Waals surface area contributed by atoms with Crippen LogP contribution in [0, 0.1) is 0 Å². The van der Waals surface area contributed by atoms with E-state index in [4.69, 9.17) is 14.2 Å². The number of carbonyl (C=O) groups is 2. The van der Waals surface area contributed by atoms with Gasteiger partial charge >= 0.3 is 0 Å². The van der Waals surface area contributed by atoms with Crippen LogP contribution in [0.25, 0.3) is 0 Å². The summed E-state index contributed by atoms with van der Waals surface area (Å²) in [7, 11) is 4.73. The van der Waals surface area contributed by atoms with E-state index in [9.17, 15) is 9.59 Å². The van der Waals surface area contributed by atoms with Crippen LogP contribution in [0.2, 0.25) is 0 Å². The van der Waals surface area contributed by atoms with Gasteiger partial charge in [0.25, 0.3) is 5.91 Å². The zero-order valence-electron chi connectivity index (χ0n) is 16.1. The fraction of sp³-hybridized carbons (Fsp3) is 0.286. The number of rotatable bonds is 7. The molecule has 1 fully saturated rings. The maximum atomic E-state index is 12.6. The highest BCUT2D eigenvalue weighted by Gasteiger charge is 2.36. The molecule has 2 aromatic carbocycles. The number of ether oxygens (including phenoxy) is 3. The molecule has 0 saturated carbocycles. The second-order valence-electron chi connectivity index (χ2n) is 6.18. The van der Waals surface area contributed by atoms with Crippen LogP contribution in [-0.2, 0) is 16.0 Å². The Morgan fingerprint density at radius 2 is 1.64 bits per heavy atom.